The zero-order valence-corrected chi connectivity index (χ0v) is 13.8. The Hall–Kier alpha value is -1.13. The lowest BCUT2D eigenvalue weighted by Crippen LogP contribution is -2.04. The molecule has 0 fully saturated rings. The van der Waals surface area contributed by atoms with Crippen LogP contribution in [0.25, 0.3) is 10.9 Å². The summed E-state index contributed by atoms with van der Waals surface area (Å²) in [6.07, 6.45) is -0.949. The summed E-state index contributed by atoms with van der Waals surface area (Å²) >= 11 is 15.6. The molecule has 0 bridgehead atoms. The van der Waals surface area contributed by atoms with Crippen LogP contribution < -0.4 is 0 Å². The molecule has 0 aliphatic rings. The highest BCUT2D eigenvalue weighted by molar-refractivity contribution is 9.10. The van der Waals surface area contributed by atoms with Crippen LogP contribution in [0.15, 0.2) is 53.0 Å². The molecule has 2 nitrogen and oxygen atoms in total. The van der Waals surface area contributed by atoms with E-state index in [1.54, 1.807) is 18.2 Å². The third-order valence-corrected chi connectivity index (χ3v) is 4.71. The smallest absolute Gasteiger partial charge is 0.124 e. The van der Waals surface area contributed by atoms with Gasteiger partial charge < -0.3 is 5.11 Å². The monoisotopic (exact) mass is 381 g/mol. The van der Waals surface area contributed by atoms with E-state index in [0.717, 1.165) is 15.4 Å². The molecule has 1 atom stereocenters. The van der Waals surface area contributed by atoms with E-state index in [0.29, 0.717) is 21.3 Å². The van der Waals surface area contributed by atoms with Gasteiger partial charge in [0.15, 0.2) is 0 Å². The van der Waals surface area contributed by atoms with Gasteiger partial charge in [0.05, 0.1) is 21.3 Å². The van der Waals surface area contributed by atoms with Crippen LogP contribution in [0.3, 0.4) is 0 Å². The van der Waals surface area contributed by atoms with Gasteiger partial charge >= 0.3 is 0 Å². The molecule has 3 rings (SSSR count). The number of rotatable bonds is 2. The Labute approximate surface area is 140 Å². The highest BCUT2D eigenvalue weighted by Crippen LogP contribution is 2.35. The topological polar surface area (TPSA) is 33.1 Å². The van der Waals surface area contributed by atoms with Crippen molar-refractivity contribution in [1.29, 1.82) is 0 Å². The first-order valence-electron chi connectivity index (χ1n) is 6.25. The molecule has 0 spiro atoms. The Bertz CT molecular complexity index is 822. The first-order valence-corrected chi connectivity index (χ1v) is 7.80. The molecule has 0 radical (unpaired) electrons. The van der Waals surface area contributed by atoms with E-state index in [1.165, 1.54) is 0 Å². The van der Waals surface area contributed by atoms with Crippen molar-refractivity contribution in [2.24, 2.45) is 0 Å². The molecule has 1 unspecified atom stereocenters. The van der Waals surface area contributed by atoms with E-state index < -0.39 is 6.10 Å². The number of aliphatic hydroxyl groups excluding tert-OH is 1. The summed E-state index contributed by atoms with van der Waals surface area (Å²) in [6, 6.07) is 14.8. The highest BCUT2D eigenvalue weighted by Gasteiger charge is 2.20. The van der Waals surface area contributed by atoms with Crippen LogP contribution in [-0.2, 0) is 0 Å². The van der Waals surface area contributed by atoms with Crippen molar-refractivity contribution in [3.63, 3.8) is 0 Å². The number of para-hydroxylation sites is 1. The number of hydrogen-bond donors (Lipinski definition) is 1. The Morgan fingerprint density at radius 1 is 1.05 bits per heavy atom. The molecule has 0 amide bonds. The van der Waals surface area contributed by atoms with E-state index in [1.807, 2.05) is 30.3 Å². The summed E-state index contributed by atoms with van der Waals surface area (Å²) < 4.78 is 0.727. The highest BCUT2D eigenvalue weighted by atomic mass is 79.9. The second kappa shape index (κ2) is 5.93. The molecule has 1 heterocycles. The number of halogens is 3. The molecule has 0 saturated heterocycles. The van der Waals surface area contributed by atoms with Gasteiger partial charge in [-0.3, -0.25) is 0 Å². The maximum absolute atomic E-state index is 10.6. The molecule has 5 heteroatoms. The molecule has 106 valence electrons. The van der Waals surface area contributed by atoms with Crippen LogP contribution in [0.4, 0.5) is 0 Å². The van der Waals surface area contributed by atoms with Crippen LogP contribution in [0.5, 0.6) is 0 Å². The van der Waals surface area contributed by atoms with Crippen molar-refractivity contribution in [2.45, 2.75) is 6.10 Å². The van der Waals surface area contributed by atoms with Crippen LogP contribution in [0.1, 0.15) is 17.4 Å². The van der Waals surface area contributed by atoms with Crippen LogP contribution >= 0.6 is 39.1 Å². The lowest BCUT2D eigenvalue weighted by Gasteiger charge is -2.15. The van der Waals surface area contributed by atoms with Gasteiger partial charge in [-0.15, -0.1) is 0 Å². The van der Waals surface area contributed by atoms with Gasteiger partial charge in [0, 0.05) is 15.4 Å². The van der Waals surface area contributed by atoms with Crippen molar-refractivity contribution in [3.05, 3.63) is 74.3 Å². The molecule has 1 aromatic heterocycles. The molecular formula is C16H10BrCl2NO. The Balaban J connectivity index is 2.15. The molecule has 21 heavy (non-hydrogen) atoms. The fourth-order valence-corrected chi connectivity index (χ4v) is 3.14. The van der Waals surface area contributed by atoms with E-state index in [9.17, 15) is 5.11 Å². The predicted octanol–water partition coefficient (Wildman–Crippen LogP) is 5.39. The Kier molecular flexibility index (Phi) is 4.18. The Morgan fingerprint density at radius 3 is 2.62 bits per heavy atom. The number of nitrogens with zero attached hydrogens (tertiary/aromatic N) is 1. The normalized spacial score (nSPS) is 12.6. The largest absolute Gasteiger partial charge is 0.382 e. The number of pyridine rings is 1. The average Bonchev–Trinajstić information content (AvgIpc) is 2.48. The third kappa shape index (κ3) is 2.79. The summed E-state index contributed by atoms with van der Waals surface area (Å²) in [7, 11) is 0. The zero-order chi connectivity index (χ0) is 15.0. The summed E-state index contributed by atoms with van der Waals surface area (Å²) in [5, 5.41) is 12.3. The maximum atomic E-state index is 10.6. The second-order valence-corrected chi connectivity index (χ2v) is 6.23. The van der Waals surface area contributed by atoms with E-state index >= 15 is 0 Å². The minimum absolute atomic E-state index is 0.341. The number of aromatic nitrogens is 1. The molecule has 2 aromatic carbocycles. The zero-order valence-electron chi connectivity index (χ0n) is 10.7. The number of fused-ring (bicyclic) bond motifs is 1. The van der Waals surface area contributed by atoms with Gasteiger partial charge in [0.2, 0.25) is 0 Å². The molecular weight excluding hydrogens is 373 g/mol. The van der Waals surface area contributed by atoms with Crippen molar-refractivity contribution in [1.82, 2.24) is 4.98 Å². The first kappa shape index (κ1) is 14.8. The standard InChI is InChI=1S/C16H10BrCl2NO/c17-11-8-9-4-1-2-7-13(9)20-15(11)16(21)10-5-3-6-12(18)14(10)19/h1-8,16,21H. The molecule has 0 saturated carbocycles. The fourth-order valence-electron chi connectivity index (χ4n) is 2.18. The average molecular weight is 383 g/mol. The van der Waals surface area contributed by atoms with Crippen molar-refractivity contribution >= 4 is 50.0 Å². The van der Waals surface area contributed by atoms with Gasteiger partial charge in [0.25, 0.3) is 0 Å². The van der Waals surface area contributed by atoms with Gasteiger partial charge in [0.1, 0.15) is 6.10 Å². The van der Waals surface area contributed by atoms with E-state index in [4.69, 9.17) is 23.2 Å². The lowest BCUT2D eigenvalue weighted by atomic mass is 10.0. The molecule has 0 aliphatic carbocycles. The third-order valence-electron chi connectivity index (χ3n) is 3.24. The van der Waals surface area contributed by atoms with Crippen molar-refractivity contribution in [3.8, 4) is 0 Å². The SMILES string of the molecule is OC(c1cccc(Cl)c1Cl)c1nc2ccccc2cc1Br. The van der Waals surface area contributed by atoms with Gasteiger partial charge in [-0.25, -0.2) is 4.98 Å². The van der Waals surface area contributed by atoms with E-state index in [2.05, 4.69) is 20.9 Å². The summed E-state index contributed by atoms with van der Waals surface area (Å²) in [5.74, 6) is 0. The predicted molar refractivity (Wildman–Crippen MR) is 90.0 cm³/mol. The number of benzene rings is 2. The first-order chi connectivity index (χ1) is 10.1. The van der Waals surface area contributed by atoms with E-state index in [-0.39, 0.29) is 0 Å². The Morgan fingerprint density at radius 2 is 1.81 bits per heavy atom. The fraction of sp³-hybridized carbons (Fsp3) is 0.0625. The van der Waals surface area contributed by atoms with Crippen LogP contribution in [0, 0.1) is 0 Å². The number of hydrogen-bond acceptors (Lipinski definition) is 2. The quantitative estimate of drug-likeness (QED) is 0.644. The summed E-state index contributed by atoms with van der Waals surface area (Å²) in [5.41, 5.74) is 1.86. The van der Waals surface area contributed by atoms with Gasteiger partial charge in [-0.2, -0.15) is 0 Å². The van der Waals surface area contributed by atoms with Gasteiger partial charge in [-0.1, -0.05) is 53.5 Å². The summed E-state index contributed by atoms with van der Waals surface area (Å²) in [4.78, 5) is 4.52. The van der Waals surface area contributed by atoms with Crippen LogP contribution in [-0.4, -0.2) is 10.1 Å². The molecule has 3 aromatic rings. The van der Waals surface area contributed by atoms with Crippen molar-refractivity contribution < 1.29 is 5.11 Å². The maximum Gasteiger partial charge on any atom is 0.124 e. The number of aliphatic hydroxyl groups is 1. The van der Waals surface area contributed by atoms with Crippen LogP contribution in [0.2, 0.25) is 10.0 Å². The van der Waals surface area contributed by atoms with Gasteiger partial charge in [-0.05, 0) is 34.1 Å². The molecule has 1 N–H and O–H groups in total. The minimum Gasteiger partial charge on any atom is -0.382 e. The second-order valence-electron chi connectivity index (χ2n) is 4.59. The lowest BCUT2D eigenvalue weighted by molar-refractivity contribution is 0.215. The minimum atomic E-state index is -0.949. The van der Waals surface area contributed by atoms with Crippen molar-refractivity contribution in [2.75, 3.05) is 0 Å². The molecule has 0 aliphatic heterocycles. The summed E-state index contributed by atoms with van der Waals surface area (Å²) in [6.45, 7) is 0.